The molecule has 0 aliphatic rings. The van der Waals surface area contributed by atoms with Crippen LogP contribution in [0, 0.1) is 12.7 Å². The predicted molar refractivity (Wildman–Crippen MR) is 59.9 cm³/mol. The van der Waals surface area contributed by atoms with Crippen LogP contribution in [0.3, 0.4) is 0 Å². The fourth-order valence-electron chi connectivity index (χ4n) is 1.36. The number of anilines is 1. The Labute approximate surface area is 97.9 Å². The molecule has 0 bridgehead atoms. The van der Waals surface area contributed by atoms with Crippen molar-refractivity contribution in [2.45, 2.75) is 13.3 Å². The molecule has 0 saturated carbocycles. The first-order valence-corrected chi connectivity index (χ1v) is 5.23. The summed E-state index contributed by atoms with van der Waals surface area (Å²) in [7, 11) is 1.92. The first kappa shape index (κ1) is 11.4. The lowest BCUT2D eigenvalue weighted by Crippen LogP contribution is -2.11. The van der Waals surface area contributed by atoms with Crippen LogP contribution >= 0.6 is 0 Å². The molecule has 2 aromatic heterocycles. The molecule has 1 N–H and O–H groups in total. The van der Waals surface area contributed by atoms with Crippen LogP contribution in [0.5, 0.6) is 0 Å². The van der Waals surface area contributed by atoms with Crippen LogP contribution in [0.25, 0.3) is 0 Å². The standard InChI is InChI=1S/C10H13FN6/c1-7-15-16-9(17(7)2)3-4-12-10-13-5-8(11)6-14-10/h5-6H,3-4H2,1-2H3,(H,12,13,14). The van der Waals surface area contributed by atoms with Crippen LogP contribution in [0.4, 0.5) is 10.3 Å². The van der Waals surface area contributed by atoms with Crippen LogP contribution in [0.2, 0.25) is 0 Å². The van der Waals surface area contributed by atoms with Crippen molar-refractivity contribution in [3.05, 3.63) is 29.9 Å². The number of nitrogens with one attached hydrogen (secondary N) is 1. The van der Waals surface area contributed by atoms with Gasteiger partial charge in [0.1, 0.15) is 11.6 Å². The zero-order valence-electron chi connectivity index (χ0n) is 9.68. The maximum Gasteiger partial charge on any atom is 0.222 e. The van der Waals surface area contributed by atoms with Crippen LogP contribution in [0.1, 0.15) is 11.6 Å². The highest BCUT2D eigenvalue weighted by atomic mass is 19.1. The Bertz CT molecular complexity index is 492. The largest absolute Gasteiger partial charge is 0.354 e. The van der Waals surface area contributed by atoms with E-state index in [-0.39, 0.29) is 0 Å². The molecule has 0 aliphatic carbocycles. The zero-order chi connectivity index (χ0) is 12.3. The van der Waals surface area contributed by atoms with E-state index in [1.54, 1.807) is 0 Å². The topological polar surface area (TPSA) is 68.5 Å². The van der Waals surface area contributed by atoms with Gasteiger partial charge >= 0.3 is 0 Å². The normalized spacial score (nSPS) is 10.5. The van der Waals surface area contributed by atoms with Gasteiger partial charge in [0.2, 0.25) is 5.95 Å². The minimum Gasteiger partial charge on any atom is -0.354 e. The number of hydrogen-bond acceptors (Lipinski definition) is 5. The lowest BCUT2D eigenvalue weighted by atomic mass is 10.4. The second kappa shape index (κ2) is 4.86. The zero-order valence-corrected chi connectivity index (χ0v) is 9.68. The Hall–Kier alpha value is -2.05. The molecule has 2 aromatic rings. The summed E-state index contributed by atoms with van der Waals surface area (Å²) in [5.74, 6) is 1.72. The summed E-state index contributed by atoms with van der Waals surface area (Å²) in [6.07, 6.45) is 2.96. The summed E-state index contributed by atoms with van der Waals surface area (Å²) in [4.78, 5) is 7.59. The quantitative estimate of drug-likeness (QED) is 0.846. The van der Waals surface area contributed by atoms with Gasteiger partial charge in [0.15, 0.2) is 5.82 Å². The van der Waals surface area contributed by atoms with E-state index in [0.29, 0.717) is 18.9 Å². The number of halogens is 1. The number of rotatable bonds is 4. The summed E-state index contributed by atoms with van der Waals surface area (Å²) in [5, 5.41) is 11.0. The molecular weight excluding hydrogens is 223 g/mol. The predicted octanol–water partition coefficient (Wildman–Crippen LogP) is 0.707. The Balaban J connectivity index is 1.87. The van der Waals surface area contributed by atoms with Gasteiger partial charge in [-0.1, -0.05) is 0 Å². The van der Waals surface area contributed by atoms with Gasteiger partial charge in [-0.15, -0.1) is 10.2 Å². The lowest BCUT2D eigenvalue weighted by molar-refractivity contribution is 0.614. The number of aromatic nitrogens is 5. The fourth-order valence-corrected chi connectivity index (χ4v) is 1.36. The van der Waals surface area contributed by atoms with Crippen molar-refractivity contribution < 1.29 is 4.39 Å². The smallest absolute Gasteiger partial charge is 0.222 e. The summed E-state index contributed by atoms with van der Waals surface area (Å²) in [6.45, 7) is 2.52. The van der Waals surface area contributed by atoms with E-state index in [0.717, 1.165) is 24.0 Å². The third kappa shape index (κ3) is 2.74. The van der Waals surface area contributed by atoms with E-state index in [1.807, 2.05) is 18.5 Å². The van der Waals surface area contributed by atoms with Gasteiger partial charge in [-0.3, -0.25) is 0 Å². The molecule has 0 unspecified atom stereocenters. The third-order valence-electron chi connectivity index (χ3n) is 2.43. The van der Waals surface area contributed by atoms with E-state index >= 15 is 0 Å². The van der Waals surface area contributed by atoms with Crippen molar-refractivity contribution in [3.63, 3.8) is 0 Å². The van der Waals surface area contributed by atoms with Crippen molar-refractivity contribution in [2.75, 3.05) is 11.9 Å². The minimum atomic E-state index is -0.445. The van der Waals surface area contributed by atoms with Gasteiger partial charge in [0.25, 0.3) is 0 Å². The van der Waals surface area contributed by atoms with Crippen molar-refractivity contribution in [1.29, 1.82) is 0 Å². The highest BCUT2D eigenvalue weighted by molar-refractivity contribution is 5.22. The van der Waals surface area contributed by atoms with Crippen LogP contribution in [-0.2, 0) is 13.5 Å². The Kier molecular flexibility index (Phi) is 3.27. The van der Waals surface area contributed by atoms with E-state index in [2.05, 4.69) is 25.5 Å². The molecular formula is C10H13FN6. The summed E-state index contributed by atoms with van der Waals surface area (Å²) < 4.78 is 14.5. The number of hydrogen-bond donors (Lipinski definition) is 1. The monoisotopic (exact) mass is 236 g/mol. The molecule has 0 atom stereocenters. The summed E-state index contributed by atoms with van der Waals surface area (Å²) in [5.41, 5.74) is 0. The first-order chi connectivity index (χ1) is 8.16. The van der Waals surface area contributed by atoms with E-state index in [1.165, 1.54) is 0 Å². The molecule has 2 heterocycles. The van der Waals surface area contributed by atoms with Gasteiger partial charge in [-0.25, -0.2) is 14.4 Å². The average Bonchev–Trinajstić information content (AvgIpc) is 2.64. The maximum absolute atomic E-state index is 12.6. The molecule has 0 amide bonds. The van der Waals surface area contributed by atoms with Crippen LogP contribution < -0.4 is 5.32 Å². The van der Waals surface area contributed by atoms with Crippen molar-refractivity contribution in [2.24, 2.45) is 7.05 Å². The van der Waals surface area contributed by atoms with E-state index in [4.69, 9.17) is 0 Å². The minimum absolute atomic E-state index is 0.408. The van der Waals surface area contributed by atoms with Crippen LogP contribution in [-0.4, -0.2) is 31.3 Å². The SMILES string of the molecule is Cc1nnc(CCNc2ncc(F)cn2)n1C. The molecule has 90 valence electrons. The molecule has 0 fully saturated rings. The molecule has 2 rings (SSSR count). The molecule has 6 nitrogen and oxygen atoms in total. The Morgan fingerprint density at radius 1 is 1.29 bits per heavy atom. The van der Waals surface area contributed by atoms with Crippen LogP contribution in [0.15, 0.2) is 12.4 Å². The maximum atomic E-state index is 12.6. The Morgan fingerprint density at radius 3 is 2.59 bits per heavy atom. The first-order valence-electron chi connectivity index (χ1n) is 5.23. The van der Waals surface area contributed by atoms with E-state index in [9.17, 15) is 4.39 Å². The van der Waals surface area contributed by atoms with Gasteiger partial charge in [0, 0.05) is 20.0 Å². The Morgan fingerprint density at radius 2 is 2.00 bits per heavy atom. The fraction of sp³-hybridized carbons (Fsp3) is 0.400. The van der Waals surface area contributed by atoms with E-state index < -0.39 is 5.82 Å². The third-order valence-corrected chi connectivity index (χ3v) is 2.43. The van der Waals surface area contributed by atoms with Gasteiger partial charge in [-0.05, 0) is 6.92 Å². The van der Waals surface area contributed by atoms with Gasteiger partial charge in [-0.2, -0.15) is 0 Å². The second-order valence-electron chi connectivity index (χ2n) is 3.62. The summed E-state index contributed by atoms with van der Waals surface area (Å²) >= 11 is 0. The van der Waals surface area contributed by atoms with Gasteiger partial charge < -0.3 is 9.88 Å². The summed E-state index contributed by atoms with van der Waals surface area (Å²) in [6, 6.07) is 0. The molecule has 0 radical (unpaired) electrons. The molecule has 7 heteroatoms. The highest BCUT2D eigenvalue weighted by Crippen LogP contribution is 2.01. The molecule has 0 aromatic carbocycles. The van der Waals surface area contributed by atoms with Gasteiger partial charge in [0.05, 0.1) is 12.4 Å². The molecule has 0 spiro atoms. The second-order valence-corrected chi connectivity index (χ2v) is 3.62. The number of nitrogens with zero attached hydrogens (tertiary/aromatic N) is 5. The van der Waals surface area contributed by atoms with Crippen molar-refractivity contribution in [3.8, 4) is 0 Å². The van der Waals surface area contributed by atoms with Crippen molar-refractivity contribution >= 4 is 5.95 Å². The number of aryl methyl sites for hydroxylation is 1. The molecule has 0 aliphatic heterocycles. The molecule has 17 heavy (non-hydrogen) atoms. The molecule has 0 saturated heterocycles. The average molecular weight is 236 g/mol. The lowest BCUT2D eigenvalue weighted by Gasteiger charge is -2.04. The highest BCUT2D eigenvalue weighted by Gasteiger charge is 2.04. The van der Waals surface area contributed by atoms with Crippen molar-refractivity contribution in [1.82, 2.24) is 24.7 Å².